The number of nitrogens with zero attached hydrogens (tertiary/aromatic N) is 2. The van der Waals surface area contributed by atoms with Crippen LogP contribution in [0.5, 0.6) is 5.75 Å². The van der Waals surface area contributed by atoms with Gasteiger partial charge in [0, 0.05) is 26.7 Å². The minimum absolute atomic E-state index is 0.0157. The molecule has 2 N–H and O–H groups in total. The van der Waals surface area contributed by atoms with Gasteiger partial charge in [0.15, 0.2) is 5.96 Å². The van der Waals surface area contributed by atoms with E-state index < -0.39 is 0 Å². The zero-order valence-electron chi connectivity index (χ0n) is 17.7. The molecule has 1 fully saturated rings. The van der Waals surface area contributed by atoms with E-state index in [0.29, 0.717) is 32.3 Å². The predicted molar refractivity (Wildman–Crippen MR) is 117 cm³/mol. The van der Waals surface area contributed by atoms with E-state index in [-0.39, 0.29) is 18.0 Å². The molecule has 30 heavy (non-hydrogen) atoms. The average molecular weight is 415 g/mol. The van der Waals surface area contributed by atoms with E-state index in [9.17, 15) is 4.39 Å². The van der Waals surface area contributed by atoms with Gasteiger partial charge in [0.1, 0.15) is 17.7 Å². The van der Waals surface area contributed by atoms with Crippen LogP contribution in [0.1, 0.15) is 18.5 Å². The van der Waals surface area contributed by atoms with E-state index in [1.165, 1.54) is 12.1 Å². The standard InChI is InChI=1S/C23H31FN4O2/c1-18(30-21-6-4-3-5-7-21)16-26-23(25-2)27-17-22(28-12-14-29-15-13-28)19-8-10-20(24)11-9-19/h3-11,18,22H,12-17H2,1-2H3,(H2,25,26,27). The first-order valence-corrected chi connectivity index (χ1v) is 10.4. The van der Waals surface area contributed by atoms with Crippen LogP contribution >= 0.6 is 0 Å². The molecule has 0 amide bonds. The molecule has 0 radical (unpaired) electrons. The number of aliphatic imine (C=N–C) groups is 1. The summed E-state index contributed by atoms with van der Waals surface area (Å²) in [6.07, 6.45) is -0.0157. The Morgan fingerprint density at radius 1 is 1.07 bits per heavy atom. The van der Waals surface area contributed by atoms with Crippen molar-refractivity contribution >= 4 is 5.96 Å². The van der Waals surface area contributed by atoms with E-state index in [2.05, 4.69) is 20.5 Å². The van der Waals surface area contributed by atoms with Crippen molar-refractivity contribution in [3.8, 4) is 5.75 Å². The van der Waals surface area contributed by atoms with Crippen molar-refractivity contribution in [2.24, 2.45) is 4.99 Å². The Hall–Kier alpha value is -2.64. The third kappa shape index (κ3) is 6.71. The summed E-state index contributed by atoms with van der Waals surface area (Å²) < 4.78 is 24.8. The third-order valence-electron chi connectivity index (χ3n) is 5.07. The zero-order chi connectivity index (χ0) is 21.2. The van der Waals surface area contributed by atoms with Crippen molar-refractivity contribution in [2.45, 2.75) is 19.1 Å². The summed E-state index contributed by atoms with van der Waals surface area (Å²) in [7, 11) is 1.75. The van der Waals surface area contributed by atoms with Crippen LogP contribution < -0.4 is 15.4 Å². The molecule has 162 valence electrons. The minimum atomic E-state index is -0.225. The molecule has 0 aromatic heterocycles. The molecule has 2 aromatic rings. The smallest absolute Gasteiger partial charge is 0.191 e. The Morgan fingerprint density at radius 3 is 2.40 bits per heavy atom. The molecule has 0 saturated carbocycles. The number of benzene rings is 2. The summed E-state index contributed by atoms with van der Waals surface area (Å²) in [5.41, 5.74) is 1.07. The second-order valence-electron chi connectivity index (χ2n) is 7.29. The van der Waals surface area contributed by atoms with Gasteiger partial charge in [-0.15, -0.1) is 0 Å². The van der Waals surface area contributed by atoms with E-state index in [1.54, 1.807) is 7.05 Å². The van der Waals surface area contributed by atoms with Crippen LogP contribution in [0.3, 0.4) is 0 Å². The van der Waals surface area contributed by atoms with Crippen LogP contribution in [0.4, 0.5) is 4.39 Å². The zero-order valence-corrected chi connectivity index (χ0v) is 17.7. The Labute approximate surface area is 178 Å². The fourth-order valence-electron chi connectivity index (χ4n) is 3.46. The van der Waals surface area contributed by atoms with E-state index in [0.717, 1.165) is 24.4 Å². The molecule has 0 bridgehead atoms. The highest BCUT2D eigenvalue weighted by molar-refractivity contribution is 5.79. The van der Waals surface area contributed by atoms with Crippen molar-refractivity contribution in [1.82, 2.24) is 15.5 Å². The van der Waals surface area contributed by atoms with Crippen molar-refractivity contribution in [3.63, 3.8) is 0 Å². The second kappa shape index (κ2) is 11.5. The summed E-state index contributed by atoms with van der Waals surface area (Å²) in [5, 5.41) is 6.73. The molecule has 1 saturated heterocycles. The Morgan fingerprint density at radius 2 is 1.73 bits per heavy atom. The van der Waals surface area contributed by atoms with Crippen LogP contribution in [-0.2, 0) is 4.74 Å². The van der Waals surface area contributed by atoms with Crippen LogP contribution in [0.25, 0.3) is 0 Å². The van der Waals surface area contributed by atoms with Gasteiger partial charge < -0.3 is 20.1 Å². The van der Waals surface area contributed by atoms with Crippen molar-refractivity contribution in [1.29, 1.82) is 0 Å². The van der Waals surface area contributed by atoms with E-state index >= 15 is 0 Å². The molecule has 1 aliphatic heterocycles. The Bertz CT molecular complexity index is 780. The van der Waals surface area contributed by atoms with Crippen molar-refractivity contribution < 1.29 is 13.9 Å². The maximum atomic E-state index is 13.4. The summed E-state index contributed by atoms with van der Waals surface area (Å²) in [6.45, 7) is 6.39. The third-order valence-corrected chi connectivity index (χ3v) is 5.07. The lowest BCUT2D eigenvalue weighted by Gasteiger charge is -2.35. The number of hydrogen-bond acceptors (Lipinski definition) is 4. The van der Waals surface area contributed by atoms with Gasteiger partial charge in [-0.3, -0.25) is 9.89 Å². The number of morpholine rings is 1. The quantitative estimate of drug-likeness (QED) is 0.514. The van der Waals surface area contributed by atoms with Crippen LogP contribution in [0.15, 0.2) is 59.6 Å². The molecule has 0 aliphatic carbocycles. The molecule has 2 atom stereocenters. The lowest BCUT2D eigenvalue weighted by molar-refractivity contribution is 0.0170. The van der Waals surface area contributed by atoms with Gasteiger partial charge in [-0.25, -0.2) is 4.39 Å². The molecule has 2 unspecified atom stereocenters. The summed E-state index contributed by atoms with van der Waals surface area (Å²) >= 11 is 0. The van der Waals surface area contributed by atoms with Crippen LogP contribution in [0.2, 0.25) is 0 Å². The van der Waals surface area contributed by atoms with E-state index in [4.69, 9.17) is 9.47 Å². The number of ether oxygens (including phenoxy) is 2. The summed E-state index contributed by atoms with van der Waals surface area (Å²) in [5.74, 6) is 1.33. The molecule has 1 aliphatic rings. The fraction of sp³-hybridized carbons (Fsp3) is 0.435. The highest BCUT2D eigenvalue weighted by Gasteiger charge is 2.23. The highest BCUT2D eigenvalue weighted by Crippen LogP contribution is 2.21. The molecular formula is C23H31FN4O2. The summed E-state index contributed by atoms with van der Waals surface area (Å²) in [6, 6.07) is 16.6. The van der Waals surface area contributed by atoms with Gasteiger partial charge in [0.25, 0.3) is 0 Å². The normalized spacial score (nSPS) is 17.2. The first-order chi connectivity index (χ1) is 14.7. The summed E-state index contributed by atoms with van der Waals surface area (Å²) in [4.78, 5) is 6.69. The largest absolute Gasteiger partial charge is 0.489 e. The molecule has 6 nitrogen and oxygen atoms in total. The van der Waals surface area contributed by atoms with Crippen molar-refractivity contribution in [2.75, 3.05) is 46.4 Å². The fourth-order valence-corrected chi connectivity index (χ4v) is 3.46. The maximum Gasteiger partial charge on any atom is 0.191 e. The van der Waals surface area contributed by atoms with Crippen molar-refractivity contribution in [3.05, 3.63) is 66.0 Å². The minimum Gasteiger partial charge on any atom is -0.489 e. The lowest BCUT2D eigenvalue weighted by atomic mass is 10.0. The number of hydrogen-bond donors (Lipinski definition) is 2. The predicted octanol–water partition coefficient (Wildman–Crippen LogP) is 2.83. The first kappa shape index (κ1) is 22.1. The average Bonchev–Trinajstić information content (AvgIpc) is 2.78. The number of nitrogens with one attached hydrogen (secondary N) is 2. The van der Waals surface area contributed by atoms with Gasteiger partial charge >= 0.3 is 0 Å². The molecule has 1 heterocycles. The SMILES string of the molecule is CN=C(NCC(C)Oc1ccccc1)NCC(c1ccc(F)cc1)N1CCOCC1. The molecule has 3 rings (SSSR count). The molecular weight excluding hydrogens is 383 g/mol. The number of rotatable bonds is 8. The van der Waals surface area contributed by atoms with Gasteiger partial charge in [-0.1, -0.05) is 30.3 Å². The monoisotopic (exact) mass is 414 g/mol. The highest BCUT2D eigenvalue weighted by atomic mass is 19.1. The van der Waals surface area contributed by atoms with Gasteiger partial charge in [-0.2, -0.15) is 0 Å². The van der Waals surface area contributed by atoms with Gasteiger partial charge in [0.2, 0.25) is 0 Å². The molecule has 7 heteroatoms. The second-order valence-corrected chi connectivity index (χ2v) is 7.29. The van der Waals surface area contributed by atoms with Gasteiger partial charge in [0.05, 0.1) is 25.8 Å². The number of halogens is 1. The van der Waals surface area contributed by atoms with E-state index in [1.807, 2.05) is 49.4 Å². The lowest BCUT2D eigenvalue weighted by Crippen LogP contribution is -2.47. The Balaban J connectivity index is 1.55. The van der Waals surface area contributed by atoms with Gasteiger partial charge in [-0.05, 0) is 36.8 Å². The topological polar surface area (TPSA) is 58.1 Å². The van der Waals surface area contributed by atoms with Crippen LogP contribution in [-0.4, -0.2) is 63.4 Å². The Kier molecular flexibility index (Phi) is 8.47. The maximum absolute atomic E-state index is 13.4. The number of para-hydroxylation sites is 1. The first-order valence-electron chi connectivity index (χ1n) is 10.4. The number of guanidine groups is 1. The van der Waals surface area contributed by atoms with Crippen LogP contribution in [0, 0.1) is 5.82 Å². The molecule has 2 aromatic carbocycles. The molecule has 0 spiro atoms.